The van der Waals surface area contributed by atoms with Gasteiger partial charge in [0.25, 0.3) is 0 Å². The van der Waals surface area contributed by atoms with E-state index in [1.807, 2.05) is 6.07 Å². The molecular weight excluding hydrogens is 198 g/mol. The fourth-order valence-corrected chi connectivity index (χ4v) is 6.98. The smallest absolute Gasteiger partial charge is 0.0865 e. The maximum Gasteiger partial charge on any atom is 0.0865 e. The SMILES string of the molecule is CC1CCCC[Si]1(C)c1cccc(N)c1. The minimum Gasteiger partial charge on any atom is -0.399 e. The van der Waals surface area contributed by atoms with E-state index < -0.39 is 8.07 Å². The van der Waals surface area contributed by atoms with Gasteiger partial charge in [0, 0.05) is 5.69 Å². The van der Waals surface area contributed by atoms with Gasteiger partial charge in [-0.3, -0.25) is 0 Å². The summed E-state index contributed by atoms with van der Waals surface area (Å²) in [4.78, 5) is 0. The van der Waals surface area contributed by atoms with Crippen LogP contribution in [0.25, 0.3) is 0 Å². The summed E-state index contributed by atoms with van der Waals surface area (Å²) in [5.41, 5.74) is 7.73. The van der Waals surface area contributed by atoms with Crippen molar-refractivity contribution in [1.82, 2.24) is 0 Å². The molecule has 1 aliphatic rings. The lowest BCUT2D eigenvalue weighted by molar-refractivity contribution is 0.639. The summed E-state index contributed by atoms with van der Waals surface area (Å²) in [6.07, 6.45) is 4.26. The third-order valence-corrected chi connectivity index (χ3v) is 9.70. The second kappa shape index (κ2) is 4.01. The maximum atomic E-state index is 5.89. The summed E-state index contributed by atoms with van der Waals surface area (Å²) in [7, 11) is -1.23. The summed E-state index contributed by atoms with van der Waals surface area (Å²) >= 11 is 0. The number of hydrogen-bond donors (Lipinski definition) is 1. The van der Waals surface area contributed by atoms with E-state index in [1.165, 1.54) is 25.3 Å². The molecule has 0 aliphatic carbocycles. The average Bonchev–Trinajstić information content (AvgIpc) is 2.23. The van der Waals surface area contributed by atoms with E-state index in [4.69, 9.17) is 5.73 Å². The second-order valence-electron chi connectivity index (χ2n) is 5.19. The van der Waals surface area contributed by atoms with E-state index in [0.717, 1.165) is 11.2 Å². The van der Waals surface area contributed by atoms with Gasteiger partial charge in [-0.05, 0) is 17.7 Å². The van der Waals surface area contributed by atoms with Gasteiger partial charge in [0.15, 0.2) is 0 Å². The quantitative estimate of drug-likeness (QED) is 0.570. The zero-order valence-electron chi connectivity index (χ0n) is 9.79. The second-order valence-corrected chi connectivity index (χ2v) is 10.1. The number of nitrogens with two attached hydrogens (primary N) is 1. The van der Waals surface area contributed by atoms with Crippen molar-refractivity contribution in [2.75, 3.05) is 5.73 Å². The van der Waals surface area contributed by atoms with Gasteiger partial charge in [0.1, 0.15) is 0 Å². The number of rotatable bonds is 1. The molecule has 0 amide bonds. The Morgan fingerprint density at radius 2 is 2.13 bits per heavy atom. The Balaban J connectivity index is 2.34. The molecule has 0 radical (unpaired) electrons. The largest absolute Gasteiger partial charge is 0.399 e. The van der Waals surface area contributed by atoms with Crippen LogP contribution in [0, 0.1) is 0 Å². The summed E-state index contributed by atoms with van der Waals surface area (Å²) in [6.45, 7) is 4.97. The van der Waals surface area contributed by atoms with Gasteiger partial charge in [-0.25, -0.2) is 0 Å². The van der Waals surface area contributed by atoms with Crippen molar-refractivity contribution in [3.63, 3.8) is 0 Å². The lowest BCUT2D eigenvalue weighted by Gasteiger charge is -2.38. The van der Waals surface area contributed by atoms with Crippen molar-refractivity contribution >= 4 is 18.9 Å². The van der Waals surface area contributed by atoms with E-state index in [2.05, 4.69) is 31.7 Å². The summed E-state index contributed by atoms with van der Waals surface area (Å²) in [5.74, 6) is 0. The minimum atomic E-state index is -1.23. The highest BCUT2D eigenvalue weighted by molar-refractivity contribution is 6.92. The normalized spacial score (nSPS) is 31.5. The number of anilines is 1. The molecule has 82 valence electrons. The Morgan fingerprint density at radius 3 is 2.80 bits per heavy atom. The zero-order valence-corrected chi connectivity index (χ0v) is 10.8. The highest BCUT2D eigenvalue weighted by Gasteiger charge is 2.37. The van der Waals surface area contributed by atoms with Crippen LogP contribution in [0.15, 0.2) is 24.3 Å². The highest BCUT2D eigenvalue weighted by atomic mass is 28.3. The van der Waals surface area contributed by atoms with Crippen LogP contribution in [0.4, 0.5) is 5.69 Å². The van der Waals surface area contributed by atoms with E-state index >= 15 is 0 Å². The molecule has 1 saturated heterocycles. The predicted molar refractivity (Wildman–Crippen MR) is 70.2 cm³/mol. The Kier molecular flexibility index (Phi) is 2.87. The van der Waals surface area contributed by atoms with Gasteiger partial charge in [-0.15, -0.1) is 0 Å². The molecule has 1 aromatic rings. The van der Waals surface area contributed by atoms with Crippen LogP contribution in [0.5, 0.6) is 0 Å². The van der Waals surface area contributed by atoms with E-state index in [1.54, 1.807) is 5.19 Å². The van der Waals surface area contributed by atoms with E-state index in [0.29, 0.717) is 0 Å². The Morgan fingerprint density at radius 1 is 1.33 bits per heavy atom. The molecule has 1 heterocycles. The molecule has 2 rings (SSSR count). The van der Waals surface area contributed by atoms with Crippen molar-refractivity contribution in [2.45, 2.75) is 44.3 Å². The lowest BCUT2D eigenvalue weighted by Crippen LogP contribution is -2.49. The van der Waals surface area contributed by atoms with Gasteiger partial charge in [-0.1, -0.05) is 56.1 Å². The average molecular weight is 219 g/mol. The van der Waals surface area contributed by atoms with Gasteiger partial charge in [0.05, 0.1) is 8.07 Å². The molecule has 2 unspecified atom stereocenters. The number of benzene rings is 1. The minimum absolute atomic E-state index is 0.910. The van der Waals surface area contributed by atoms with E-state index in [-0.39, 0.29) is 0 Å². The molecule has 0 bridgehead atoms. The molecule has 1 nitrogen and oxygen atoms in total. The summed E-state index contributed by atoms with van der Waals surface area (Å²) in [6, 6.07) is 10.1. The van der Waals surface area contributed by atoms with Crippen molar-refractivity contribution in [3.05, 3.63) is 24.3 Å². The van der Waals surface area contributed by atoms with Gasteiger partial charge >= 0.3 is 0 Å². The fourth-order valence-electron chi connectivity index (χ4n) is 2.83. The first-order valence-electron chi connectivity index (χ1n) is 5.99. The Bertz CT molecular complexity index is 350. The Hall–Kier alpha value is -0.763. The third kappa shape index (κ3) is 1.96. The van der Waals surface area contributed by atoms with Crippen LogP contribution in [-0.2, 0) is 0 Å². The van der Waals surface area contributed by atoms with Crippen molar-refractivity contribution in [3.8, 4) is 0 Å². The van der Waals surface area contributed by atoms with Crippen molar-refractivity contribution in [1.29, 1.82) is 0 Å². The van der Waals surface area contributed by atoms with Crippen LogP contribution in [0.3, 0.4) is 0 Å². The first-order valence-corrected chi connectivity index (χ1v) is 8.77. The molecule has 1 aliphatic heterocycles. The van der Waals surface area contributed by atoms with Gasteiger partial charge in [-0.2, -0.15) is 0 Å². The maximum absolute atomic E-state index is 5.89. The molecule has 2 N–H and O–H groups in total. The third-order valence-electron chi connectivity index (χ3n) is 4.22. The molecule has 0 saturated carbocycles. The molecule has 1 fully saturated rings. The fraction of sp³-hybridized carbons (Fsp3) is 0.538. The highest BCUT2D eigenvalue weighted by Crippen LogP contribution is 2.36. The molecule has 0 spiro atoms. The number of hydrogen-bond acceptors (Lipinski definition) is 1. The molecule has 2 heteroatoms. The first-order chi connectivity index (χ1) is 7.13. The van der Waals surface area contributed by atoms with Crippen LogP contribution in [0.2, 0.25) is 18.1 Å². The van der Waals surface area contributed by atoms with Crippen molar-refractivity contribution < 1.29 is 0 Å². The van der Waals surface area contributed by atoms with Crippen LogP contribution in [0.1, 0.15) is 26.2 Å². The monoisotopic (exact) mass is 219 g/mol. The zero-order chi connectivity index (χ0) is 10.9. The van der Waals surface area contributed by atoms with E-state index in [9.17, 15) is 0 Å². The Labute approximate surface area is 93.7 Å². The van der Waals surface area contributed by atoms with Crippen LogP contribution < -0.4 is 10.9 Å². The summed E-state index contributed by atoms with van der Waals surface area (Å²) in [5, 5.41) is 1.56. The van der Waals surface area contributed by atoms with Crippen LogP contribution >= 0.6 is 0 Å². The molecule has 15 heavy (non-hydrogen) atoms. The van der Waals surface area contributed by atoms with Gasteiger partial charge < -0.3 is 5.73 Å². The van der Waals surface area contributed by atoms with Crippen molar-refractivity contribution in [2.24, 2.45) is 0 Å². The molecular formula is C13H21NSi. The lowest BCUT2D eigenvalue weighted by atomic mass is 10.2. The summed E-state index contributed by atoms with van der Waals surface area (Å²) < 4.78 is 0. The standard InChI is InChI=1S/C13H21NSi/c1-11-6-3-4-9-15(11,2)13-8-5-7-12(14)10-13/h5,7-8,10-11H,3-4,6,9,14H2,1-2H3. The topological polar surface area (TPSA) is 26.0 Å². The van der Waals surface area contributed by atoms with Gasteiger partial charge in [0.2, 0.25) is 0 Å². The molecule has 2 atom stereocenters. The molecule has 1 aromatic carbocycles. The first kappa shape index (κ1) is 10.7. The number of nitrogen functional groups attached to an aromatic ring is 1. The van der Waals surface area contributed by atoms with Crippen LogP contribution in [-0.4, -0.2) is 8.07 Å². The molecule has 0 aromatic heterocycles. The predicted octanol–water partition coefficient (Wildman–Crippen LogP) is 3.13.